The van der Waals surface area contributed by atoms with Gasteiger partial charge in [0.05, 0.1) is 5.92 Å². The van der Waals surface area contributed by atoms with Gasteiger partial charge in [0.1, 0.15) is 0 Å². The molecule has 0 bridgehead atoms. The van der Waals surface area contributed by atoms with Crippen LogP contribution in [0.1, 0.15) is 18.4 Å². The Morgan fingerprint density at radius 1 is 1.50 bits per heavy atom. The van der Waals surface area contributed by atoms with E-state index in [0.29, 0.717) is 5.02 Å². The molecule has 1 aliphatic rings. The van der Waals surface area contributed by atoms with Gasteiger partial charge in [-0.05, 0) is 57.1 Å². The molecule has 1 aromatic rings. The highest BCUT2D eigenvalue weighted by Crippen LogP contribution is 2.22. The maximum atomic E-state index is 12.2. The predicted molar refractivity (Wildman–Crippen MR) is 75.0 cm³/mol. The van der Waals surface area contributed by atoms with Gasteiger partial charge in [0.15, 0.2) is 0 Å². The summed E-state index contributed by atoms with van der Waals surface area (Å²) in [4.78, 5) is 14.4. The van der Waals surface area contributed by atoms with Crippen LogP contribution in [-0.4, -0.2) is 30.9 Å². The second kappa shape index (κ2) is 5.72. The van der Waals surface area contributed by atoms with E-state index in [0.717, 1.165) is 37.2 Å². The molecule has 98 valence electrons. The first kappa shape index (κ1) is 13.4. The summed E-state index contributed by atoms with van der Waals surface area (Å²) < 4.78 is 0. The highest BCUT2D eigenvalue weighted by atomic mass is 35.5. The molecule has 1 atom stereocenters. The zero-order chi connectivity index (χ0) is 13.1. The molecule has 0 aliphatic carbocycles. The van der Waals surface area contributed by atoms with Gasteiger partial charge in [-0.15, -0.1) is 0 Å². The van der Waals surface area contributed by atoms with E-state index < -0.39 is 0 Å². The summed E-state index contributed by atoms with van der Waals surface area (Å²) in [5.41, 5.74) is 1.86. The molecule has 1 aromatic carbocycles. The van der Waals surface area contributed by atoms with Gasteiger partial charge in [0.2, 0.25) is 5.91 Å². The first-order valence-corrected chi connectivity index (χ1v) is 6.69. The monoisotopic (exact) mass is 266 g/mol. The lowest BCUT2D eigenvalue weighted by molar-refractivity contribution is -0.121. The van der Waals surface area contributed by atoms with Crippen molar-refractivity contribution in [3.63, 3.8) is 0 Å². The highest BCUT2D eigenvalue weighted by molar-refractivity contribution is 6.30. The Bertz CT molecular complexity index is 447. The van der Waals surface area contributed by atoms with Crippen LogP contribution in [0.15, 0.2) is 18.2 Å². The topological polar surface area (TPSA) is 32.3 Å². The first-order valence-electron chi connectivity index (χ1n) is 6.32. The average Bonchev–Trinajstić information content (AvgIpc) is 2.32. The molecule has 0 spiro atoms. The molecule has 2 rings (SSSR count). The predicted octanol–water partition coefficient (Wildman–Crippen LogP) is 2.93. The van der Waals surface area contributed by atoms with E-state index in [1.165, 1.54) is 0 Å². The fourth-order valence-electron chi connectivity index (χ4n) is 2.38. The number of halogens is 1. The minimum Gasteiger partial charge on any atom is -0.326 e. The largest absolute Gasteiger partial charge is 0.326 e. The number of rotatable bonds is 2. The van der Waals surface area contributed by atoms with Crippen LogP contribution in [0.5, 0.6) is 0 Å². The van der Waals surface area contributed by atoms with E-state index >= 15 is 0 Å². The Morgan fingerprint density at radius 2 is 2.28 bits per heavy atom. The van der Waals surface area contributed by atoms with Gasteiger partial charge >= 0.3 is 0 Å². The van der Waals surface area contributed by atoms with Gasteiger partial charge in [-0.3, -0.25) is 4.79 Å². The second-order valence-corrected chi connectivity index (χ2v) is 5.49. The lowest BCUT2D eigenvalue weighted by Crippen LogP contribution is -2.38. The molecule has 0 radical (unpaired) electrons. The molecule has 1 heterocycles. The fraction of sp³-hybridized carbons (Fsp3) is 0.500. The Hall–Kier alpha value is -1.06. The van der Waals surface area contributed by atoms with Gasteiger partial charge in [-0.2, -0.15) is 0 Å². The van der Waals surface area contributed by atoms with E-state index in [9.17, 15) is 4.79 Å². The van der Waals surface area contributed by atoms with Crippen molar-refractivity contribution in [2.24, 2.45) is 5.92 Å². The summed E-state index contributed by atoms with van der Waals surface area (Å²) in [7, 11) is 2.06. The molecule has 1 unspecified atom stereocenters. The number of carbonyl (C=O) groups excluding carboxylic acids is 1. The van der Waals surface area contributed by atoms with Crippen molar-refractivity contribution < 1.29 is 4.79 Å². The van der Waals surface area contributed by atoms with Gasteiger partial charge in [0.25, 0.3) is 0 Å². The number of amides is 1. The number of anilines is 1. The maximum absolute atomic E-state index is 12.2. The zero-order valence-corrected chi connectivity index (χ0v) is 11.6. The van der Waals surface area contributed by atoms with Crippen molar-refractivity contribution in [1.82, 2.24) is 4.90 Å². The number of nitrogens with one attached hydrogen (secondary N) is 1. The normalized spacial score (nSPS) is 20.7. The number of hydrogen-bond donors (Lipinski definition) is 1. The Kier molecular flexibility index (Phi) is 4.25. The van der Waals surface area contributed by atoms with E-state index in [1.54, 1.807) is 6.07 Å². The molecule has 0 aromatic heterocycles. The average molecular weight is 267 g/mol. The zero-order valence-electron chi connectivity index (χ0n) is 10.9. The number of benzene rings is 1. The van der Waals surface area contributed by atoms with Crippen LogP contribution in [0.25, 0.3) is 0 Å². The molecule has 1 fully saturated rings. The van der Waals surface area contributed by atoms with Crippen LogP contribution in [0.4, 0.5) is 5.69 Å². The van der Waals surface area contributed by atoms with E-state index in [4.69, 9.17) is 11.6 Å². The molecule has 0 saturated carbocycles. The summed E-state index contributed by atoms with van der Waals surface area (Å²) in [6, 6.07) is 5.53. The van der Waals surface area contributed by atoms with Crippen LogP contribution in [0.3, 0.4) is 0 Å². The number of aryl methyl sites for hydroxylation is 1. The summed E-state index contributed by atoms with van der Waals surface area (Å²) >= 11 is 5.90. The van der Waals surface area contributed by atoms with Gasteiger partial charge in [-0.25, -0.2) is 0 Å². The number of piperidine rings is 1. The van der Waals surface area contributed by atoms with Crippen LogP contribution in [0, 0.1) is 12.8 Å². The van der Waals surface area contributed by atoms with Crippen LogP contribution < -0.4 is 5.32 Å². The number of likely N-dealkylation sites (tertiary alicyclic amines) is 1. The minimum absolute atomic E-state index is 0.0961. The third-order valence-electron chi connectivity index (χ3n) is 3.44. The van der Waals surface area contributed by atoms with Crippen molar-refractivity contribution in [3.05, 3.63) is 28.8 Å². The number of hydrogen-bond acceptors (Lipinski definition) is 2. The van der Waals surface area contributed by atoms with E-state index in [1.807, 2.05) is 19.1 Å². The molecular weight excluding hydrogens is 248 g/mol. The maximum Gasteiger partial charge on any atom is 0.228 e. The van der Waals surface area contributed by atoms with Gasteiger partial charge < -0.3 is 10.2 Å². The number of carbonyl (C=O) groups is 1. The van der Waals surface area contributed by atoms with Crippen LogP contribution >= 0.6 is 11.6 Å². The Morgan fingerprint density at radius 3 is 2.94 bits per heavy atom. The van der Waals surface area contributed by atoms with Crippen molar-refractivity contribution in [3.8, 4) is 0 Å². The molecular formula is C14H19ClN2O. The smallest absolute Gasteiger partial charge is 0.228 e. The van der Waals surface area contributed by atoms with E-state index in [2.05, 4.69) is 17.3 Å². The molecule has 18 heavy (non-hydrogen) atoms. The molecule has 1 saturated heterocycles. The summed E-state index contributed by atoms with van der Waals surface area (Å²) in [5.74, 6) is 0.214. The molecule has 1 amide bonds. The van der Waals surface area contributed by atoms with Crippen LogP contribution in [-0.2, 0) is 4.79 Å². The summed E-state index contributed by atoms with van der Waals surface area (Å²) in [6.45, 7) is 3.89. The Labute approximate surface area is 113 Å². The first-order chi connectivity index (χ1) is 8.56. The quantitative estimate of drug-likeness (QED) is 0.893. The molecule has 3 nitrogen and oxygen atoms in total. The second-order valence-electron chi connectivity index (χ2n) is 5.05. The van der Waals surface area contributed by atoms with Crippen molar-refractivity contribution in [1.29, 1.82) is 0 Å². The third kappa shape index (κ3) is 3.24. The SMILES string of the molecule is Cc1cc(Cl)ccc1NC(=O)C1CCCN(C)C1. The summed E-state index contributed by atoms with van der Waals surface area (Å²) in [5, 5.41) is 3.70. The lowest BCUT2D eigenvalue weighted by Gasteiger charge is -2.28. The molecule has 1 aliphatic heterocycles. The molecule has 1 N–H and O–H groups in total. The van der Waals surface area contributed by atoms with Gasteiger partial charge in [0, 0.05) is 17.3 Å². The standard InChI is InChI=1S/C14H19ClN2O/c1-10-8-12(15)5-6-13(10)16-14(18)11-4-3-7-17(2)9-11/h5-6,8,11H,3-4,7,9H2,1-2H3,(H,16,18). The van der Waals surface area contributed by atoms with Gasteiger partial charge in [-0.1, -0.05) is 11.6 Å². The molecule has 4 heteroatoms. The van der Waals surface area contributed by atoms with Crippen molar-refractivity contribution in [2.45, 2.75) is 19.8 Å². The highest BCUT2D eigenvalue weighted by Gasteiger charge is 2.24. The lowest BCUT2D eigenvalue weighted by atomic mass is 9.97. The third-order valence-corrected chi connectivity index (χ3v) is 3.68. The Balaban J connectivity index is 2.02. The number of nitrogens with zero attached hydrogens (tertiary/aromatic N) is 1. The minimum atomic E-state index is 0.0961. The van der Waals surface area contributed by atoms with E-state index in [-0.39, 0.29) is 11.8 Å². The van der Waals surface area contributed by atoms with Crippen molar-refractivity contribution >= 4 is 23.2 Å². The summed E-state index contributed by atoms with van der Waals surface area (Å²) in [6.07, 6.45) is 2.07. The fourth-order valence-corrected chi connectivity index (χ4v) is 2.61. The van der Waals surface area contributed by atoms with Crippen LogP contribution in [0.2, 0.25) is 5.02 Å². The van der Waals surface area contributed by atoms with Crippen molar-refractivity contribution in [2.75, 3.05) is 25.5 Å².